The lowest BCUT2D eigenvalue weighted by Gasteiger charge is -2.30. The van der Waals surface area contributed by atoms with E-state index in [4.69, 9.17) is 25.9 Å². The zero-order chi connectivity index (χ0) is 21.7. The molecule has 1 aliphatic rings. The summed E-state index contributed by atoms with van der Waals surface area (Å²) in [4.78, 5) is 29.5. The van der Waals surface area contributed by atoms with Gasteiger partial charge in [0.25, 0.3) is 0 Å². The number of piperidine rings is 1. The molecule has 0 saturated carbocycles. The molecular weight excluding hydrogens is 410 g/mol. The third-order valence-corrected chi connectivity index (χ3v) is 4.79. The van der Waals surface area contributed by atoms with Crippen LogP contribution in [-0.4, -0.2) is 51.5 Å². The fourth-order valence-electron chi connectivity index (χ4n) is 2.98. The topological polar surface area (TPSA) is 98.7 Å². The Bertz CT molecular complexity index is 887. The number of carbonyl (C=O) groups is 1. The number of carbonyl (C=O) groups excluding carboxylic acids is 1. The number of nitrogens with zero attached hydrogens (tertiary/aromatic N) is 4. The van der Waals surface area contributed by atoms with Crippen molar-refractivity contribution in [3.8, 4) is 5.88 Å². The van der Waals surface area contributed by atoms with Crippen LogP contribution in [0.1, 0.15) is 37.8 Å². The van der Waals surface area contributed by atoms with Crippen LogP contribution in [0.5, 0.6) is 5.88 Å². The van der Waals surface area contributed by atoms with Crippen molar-refractivity contribution >= 4 is 29.3 Å². The van der Waals surface area contributed by atoms with E-state index in [1.54, 1.807) is 31.2 Å². The van der Waals surface area contributed by atoms with Gasteiger partial charge in [-0.15, -0.1) is 5.06 Å². The molecule has 30 heavy (non-hydrogen) atoms. The molecule has 0 radical (unpaired) electrons. The molecule has 2 aromatic rings. The van der Waals surface area contributed by atoms with E-state index in [9.17, 15) is 4.79 Å². The fraction of sp³-hybridized carbons (Fsp3) is 0.500. The molecule has 0 bridgehead atoms. The van der Waals surface area contributed by atoms with E-state index in [1.807, 2.05) is 13.8 Å². The molecule has 0 aliphatic carbocycles. The van der Waals surface area contributed by atoms with Crippen molar-refractivity contribution < 1.29 is 19.1 Å². The number of hydrogen-bond donors (Lipinski definition) is 1. The molecule has 1 N–H and O–H groups in total. The largest absolute Gasteiger partial charge is 0.528 e. The Morgan fingerprint density at radius 2 is 1.97 bits per heavy atom. The molecule has 0 unspecified atom stereocenters. The average Bonchev–Trinajstić information content (AvgIpc) is 2.68. The van der Waals surface area contributed by atoms with Crippen LogP contribution in [-0.2, 0) is 9.57 Å². The number of rotatable bonds is 6. The van der Waals surface area contributed by atoms with Crippen molar-refractivity contribution in [3.63, 3.8) is 0 Å². The summed E-state index contributed by atoms with van der Waals surface area (Å²) in [5.41, 5.74) is 2.57. The summed E-state index contributed by atoms with van der Waals surface area (Å²) in [6, 6.07) is 1.78. The number of ether oxygens (including phenoxy) is 2. The van der Waals surface area contributed by atoms with Gasteiger partial charge in [0.1, 0.15) is 23.4 Å². The number of aromatic nitrogens is 3. The zero-order valence-corrected chi connectivity index (χ0v) is 18.3. The van der Waals surface area contributed by atoms with Gasteiger partial charge in [-0.1, -0.05) is 11.6 Å². The molecule has 3 rings (SSSR count). The van der Waals surface area contributed by atoms with Crippen molar-refractivity contribution in [1.82, 2.24) is 20.0 Å². The molecule has 10 heteroatoms. The van der Waals surface area contributed by atoms with Crippen LogP contribution in [0, 0.1) is 13.8 Å². The monoisotopic (exact) mass is 435 g/mol. The van der Waals surface area contributed by atoms with Crippen LogP contribution in [0.25, 0.3) is 0 Å². The summed E-state index contributed by atoms with van der Waals surface area (Å²) < 4.78 is 11.1. The van der Waals surface area contributed by atoms with Crippen LogP contribution in [0.4, 0.5) is 16.3 Å². The number of anilines is 2. The molecule has 0 atom stereocenters. The van der Waals surface area contributed by atoms with Crippen LogP contribution < -0.4 is 10.1 Å². The minimum atomic E-state index is -0.682. The van der Waals surface area contributed by atoms with E-state index in [0.29, 0.717) is 42.8 Å². The second-order valence-corrected chi connectivity index (χ2v) is 7.74. The number of pyridine rings is 1. The Morgan fingerprint density at radius 3 is 2.63 bits per heavy atom. The Balaban J connectivity index is 1.58. The highest BCUT2D eigenvalue weighted by atomic mass is 35.5. The van der Waals surface area contributed by atoms with Crippen molar-refractivity contribution in [1.29, 1.82) is 0 Å². The lowest BCUT2D eigenvalue weighted by molar-refractivity contribution is -0.151. The molecule has 0 spiro atoms. The summed E-state index contributed by atoms with van der Waals surface area (Å²) in [7, 11) is 0. The smallest absolute Gasteiger partial charge is 0.474 e. The SMILES string of the molecule is Cc1cc(Cl)ncc1Nc1ncnc(OC2CCN(OC(=O)OC(C)C)CC2)c1C. The summed E-state index contributed by atoms with van der Waals surface area (Å²) >= 11 is 5.92. The molecule has 162 valence electrons. The number of halogens is 1. The van der Waals surface area contributed by atoms with Gasteiger partial charge in [-0.05, 0) is 39.3 Å². The van der Waals surface area contributed by atoms with E-state index in [1.165, 1.54) is 6.33 Å². The molecule has 9 nitrogen and oxygen atoms in total. The molecule has 2 aromatic heterocycles. The third kappa shape index (κ3) is 5.93. The third-order valence-electron chi connectivity index (χ3n) is 4.58. The first-order valence-electron chi connectivity index (χ1n) is 9.82. The normalized spacial score (nSPS) is 15.1. The van der Waals surface area contributed by atoms with Crippen LogP contribution in [0.2, 0.25) is 5.15 Å². The zero-order valence-electron chi connectivity index (χ0n) is 17.5. The standard InChI is InChI=1S/C20H26ClN5O4/c1-12(2)28-20(27)30-26-7-5-15(6-8-26)29-19-14(4)18(23-11-24-19)25-16-10-22-17(21)9-13(16)3/h9-12,15H,5-8H2,1-4H3,(H,23,24,25). The molecular formula is C20H26ClN5O4. The summed E-state index contributed by atoms with van der Waals surface area (Å²) in [6.07, 6.45) is 3.59. The Morgan fingerprint density at radius 1 is 1.23 bits per heavy atom. The summed E-state index contributed by atoms with van der Waals surface area (Å²) in [5.74, 6) is 1.16. The lowest BCUT2D eigenvalue weighted by atomic mass is 10.1. The lowest BCUT2D eigenvalue weighted by Crippen LogP contribution is -2.40. The molecule has 1 fully saturated rings. The average molecular weight is 436 g/mol. The highest BCUT2D eigenvalue weighted by Gasteiger charge is 2.25. The van der Waals surface area contributed by atoms with Crippen LogP contribution in [0.3, 0.4) is 0 Å². The minimum Gasteiger partial charge on any atom is -0.474 e. The van der Waals surface area contributed by atoms with Crippen molar-refractivity contribution in [2.24, 2.45) is 0 Å². The van der Waals surface area contributed by atoms with E-state index >= 15 is 0 Å². The van der Waals surface area contributed by atoms with Crippen molar-refractivity contribution in [3.05, 3.63) is 34.9 Å². The highest BCUT2D eigenvalue weighted by molar-refractivity contribution is 6.29. The van der Waals surface area contributed by atoms with Gasteiger partial charge in [0, 0.05) is 25.9 Å². The second-order valence-electron chi connectivity index (χ2n) is 7.35. The molecule has 0 amide bonds. The molecule has 0 aromatic carbocycles. The van der Waals surface area contributed by atoms with Crippen molar-refractivity contribution in [2.75, 3.05) is 18.4 Å². The summed E-state index contributed by atoms with van der Waals surface area (Å²) in [6.45, 7) is 8.51. The number of aryl methyl sites for hydroxylation is 1. The maximum Gasteiger partial charge on any atom is 0.528 e. The summed E-state index contributed by atoms with van der Waals surface area (Å²) in [5, 5.41) is 5.29. The first-order chi connectivity index (χ1) is 14.3. The minimum absolute atomic E-state index is 0.0358. The van der Waals surface area contributed by atoms with Gasteiger partial charge in [-0.25, -0.2) is 19.7 Å². The number of nitrogens with one attached hydrogen (secondary N) is 1. The molecule has 1 saturated heterocycles. The van der Waals surface area contributed by atoms with E-state index < -0.39 is 6.16 Å². The Labute approximate surface area is 180 Å². The van der Waals surface area contributed by atoms with Gasteiger partial charge in [-0.3, -0.25) is 0 Å². The van der Waals surface area contributed by atoms with Gasteiger partial charge in [0.05, 0.1) is 23.6 Å². The van der Waals surface area contributed by atoms with Gasteiger partial charge < -0.3 is 19.6 Å². The first kappa shape index (κ1) is 22.0. The van der Waals surface area contributed by atoms with E-state index in [0.717, 1.165) is 16.8 Å². The number of hydrogen-bond acceptors (Lipinski definition) is 9. The quantitative estimate of drug-likeness (QED) is 0.528. The fourth-order valence-corrected chi connectivity index (χ4v) is 3.19. The van der Waals surface area contributed by atoms with Gasteiger partial charge >= 0.3 is 6.16 Å². The van der Waals surface area contributed by atoms with Gasteiger partial charge in [-0.2, -0.15) is 0 Å². The first-order valence-corrected chi connectivity index (χ1v) is 10.2. The van der Waals surface area contributed by atoms with Crippen LogP contribution >= 0.6 is 11.6 Å². The maximum atomic E-state index is 11.6. The molecule has 1 aliphatic heterocycles. The predicted molar refractivity (Wildman–Crippen MR) is 112 cm³/mol. The Kier molecular flexibility index (Phi) is 7.28. The predicted octanol–water partition coefficient (Wildman–Crippen LogP) is 4.21. The van der Waals surface area contributed by atoms with Crippen LogP contribution in [0.15, 0.2) is 18.6 Å². The molecule has 3 heterocycles. The highest BCUT2D eigenvalue weighted by Crippen LogP contribution is 2.28. The van der Waals surface area contributed by atoms with Gasteiger partial charge in [0.15, 0.2) is 0 Å². The Hall–Kier alpha value is -2.65. The van der Waals surface area contributed by atoms with Gasteiger partial charge in [0.2, 0.25) is 5.88 Å². The van der Waals surface area contributed by atoms with E-state index in [-0.39, 0.29) is 12.2 Å². The maximum absolute atomic E-state index is 11.6. The second kappa shape index (κ2) is 9.90. The van der Waals surface area contributed by atoms with Crippen molar-refractivity contribution in [2.45, 2.75) is 52.7 Å². The number of hydroxylamine groups is 2. The van der Waals surface area contributed by atoms with E-state index in [2.05, 4.69) is 20.3 Å².